The molecule has 1 aliphatic rings. The summed E-state index contributed by atoms with van der Waals surface area (Å²) in [4.78, 5) is 16.4. The van der Waals surface area contributed by atoms with Gasteiger partial charge in [0.1, 0.15) is 5.15 Å². The van der Waals surface area contributed by atoms with E-state index in [1.165, 1.54) is 0 Å². The molecule has 1 aliphatic heterocycles. The van der Waals surface area contributed by atoms with Crippen molar-refractivity contribution in [2.24, 2.45) is 5.92 Å². The fraction of sp³-hybridized carbons (Fsp3) is 0.600. The number of hydrogen-bond donors (Lipinski definition) is 1. The van der Waals surface area contributed by atoms with E-state index < -0.39 is 0 Å². The molecule has 1 aromatic rings. The van der Waals surface area contributed by atoms with E-state index >= 15 is 0 Å². The van der Waals surface area contributed by atoms with Gasteiger partial charge in [-0.05, 0) is 31.4 Å². The average Bonchev–Trinajstić information content (AvgIpc) is 2.80. The summed E-state index contributed by atoms with van der Waals surface area (Å²) in [6.45, 7) is 7.51. The van der Waals surface area contributed by atoms with E-state index in [1.54, 1.807) is 12.1 Å². The molecule has 4 nitrogen and oxygen atoms in total. The summed E-state index contributed by atoms with van der Waals surface area (Å²) in [6, 6.07) is 3.41. The van der Waals surface area contributed by atoms with Gasteiger partial charge >= 0.3 is 0 Å². The van der Waals surface area contributed by atoms with Crippen LogP contribution in [0.2, 0.25) is 5.15 Å². The van der Waals surface area contributed by atoms with Gasteiger partial charge in [-0.1, -0.05) is 25.4 Å². The molecular formula is C15H21ClN2O2. The van der Waals surface area contributed by atoms with Gasteiger partial charge < -0.3 is 10.1 Å². The number of hydrogen-bond acceptors (Lipinski definition) is 3. The second-order valence-corrected chi connectivity index (χ2v) is 5.98. The smallest absolute Gasteiger partial charge is 0.251 e. The number of nitrogens with zero attached hydrogens (tertiary/aromatic N) is 1. The third-order valence-electron chi connectivity index (χ3n) is 3.73. The Bertz CT molecular complexity index is 491. The highest BCUT2D eigenvalue weighted by atomic mass is 35.5. The van der Waals surface area contributed by atoms with Crippen molar-refractivity contribution in [3.63, 3.8) is 0 Å². The topological polar surface area (TPSA) is 51.2 Å². The third-order valence-corrected chi connectivity index (χ3v) is 3.92. The van der Waals surface area contributed by atoms with Crippen LogP contribution in [0.25, 0.3) is 0 Å². The number of aromatic nitrogens is 1. The van der Waals surface area contributed by atoms with Crippen LogP contribution in [0.3, 0.4) is 0 Å². The molecule has 0 aliphatic carbocycles. The van der Waals surface area contributed by atoms with Crippen molar-refractivity contribution in [1.29, 1.82) is 0 Å². The fourth-order valence-corrected chi connectivity index (χ4v) is 2.53. The Balaban J connectivity index is 2.01. The van der Waals surface area contributed by atoms with Crippen LogP contribution in [0.5, 0.6) is 0 Å². The predicted octanol–water partition coefficient (Wildman–Crippen LogP) is 3.01. The van der Waals surface area contributed by atoms with Crippen LogP contribution in [0.1, 0.15) is 49.2 Å². The molecule has 1 aromatic heterocycles. The first-order valence-corrected chi connectivity index (χ1v) is 7.42. The van der Waals surface area contributed by atoms with E-state index in [1.807, 2.05) is 20.8 Å². The largest absolute Gasteiger partial charge is 0.378 e. The monoisotopic (exact) mass is 296 g/mol. The van der Waals surface area contributed by atoms with E-state index in [-0.39, 0.29) is 17.9 Å². The van der Waals surface area contributed by atoms with Crippen molar-refractivity contribution in [3.8, 4) is 0 Å². The molecule has 0 aromatic carbocycles. The standard InChI is InChI=1S/C15H21ClN2O2/c1-9(2)13-6-12(7-14(16)18-13)15(19)17-8-11-4-5-20-10(11)3/h6-7,9-11H,4-5,8H2,1-3H3,(H,17,19). The molecule has 5 heteroatoms. The van der Waals surface area contributed by atoms with E-state index in [4.69, 9.17) is 16.3 Å². The minimum Gasteiger partial charge on any atom is -0.378 e. The molecule has 2 unspecified atom stereocenters. The maximum Gasteiger partial charge on any atom is 0.251 e. The first kappa shape index (κ1) is 15.3. The molecule has 1 amide bonds. The van der Waals surface area contributed by atoms with Crippen molar-refractivity contribution in [2.45, 2.75) is 39.2 Å². The Morgan fingerprint density at radius 2 is 2.30 bits per heavy atom. The van der Waals surface area contributed by atoms with Crippen LogP contribution < -0.4 is 5.32 Å². The van der Waals surface area contributed by atoms with Gasteiger partial charge in [0.15, 0.2) is 0 Å². The van der Waals surface area contributed by atoms with E-state index in [9.17, 15) is 4.79 Å². The lowest BCUT2D eigenvalue weighted by atomic mass is 10.0. The number of rotatable bonds is 4. The first-order valence-electron chi connectivity index (χ1n) is 7.04. The van der Waals surface area contributed by atoms with Crippen molar-refractivity contribution in [3.05, 3.63) is 28.5 Å². The number of ether oxygens (including phenoxy) is 1. The van der Waals surface area contributed by atoms with Crippen LogP contribution in [-0.4, -0.2) is 30.1 Å². The molecule has 20 heavy (non-hydrogen) atoms. The minimum absolute atomic E-state index is 0.102. The van der Waals surface area contributed by atoms with Crippen molar-refractivity contribution in [1.82, 2.24) is 10.3 Å². The number of amides is 1. The second kappa shape index (κ2) is 6.55. The first-order chi connectivity index (χ1) is 9.47. The van der Waals surface area contributed by atoms with Crippen molar-refractivity contribution < 1.29 is 9.53 Å². The lowest BCUT2D eigenvalue weighted by Gasteiger charge is -2.15. The van der Waals surface area contributed by atoms with Crippen LogP contribution in [-0.2, 0) is 4.74 Å². The van der Waals surface area contributed by atoms with E-state index in [0.29, 0.717) is 23.2 Å². The Hall–Kier alpha value is -1.13. The number of carbonyl (C=O) groups is 1. The predicted molar refractivity (Wildman–Crippen MR) is 79.2 cm³/mol. The number of halogens is 1. The molecule has 0 saturated carbocycles. The summed E-state index contributed by atoms with van der Waals surface area (Å²) < 4.78 is 5.49. The third kappa shape index (κ3) is 3.70. The zero-order valence-electron chi connectivity index (χ0n) is 12.1. The van der Waals surface area contributed by atoms with Gasteiger partial charge in [0.05, 0.1) is 6.10 Å². The molecule has 2 rings (SSSR count). The van der Waals surface area contributed by atoms with E-state index in [0.717, 1.165) is 18.7 Å². The minimum atomic E-state index is -0.102. The SMILES string of the molecule is CC(C)c1cc(C(=O)NCC2CCOC2C)cc(Cl)n1. The molecule has 0 bridgehead atoms. The second-order valence-electron chi connectivity index (χ2n) is 5.59. The lowest BCUT2D eigenvalue weighted by Crippen LogP contribution is -2.32. The summed E-state index contributed by atoms with van der Waals surface area (Å²) in [7, 11) is 0. The summed E-state index contributed by atoms with van der Waals surface area (Å²) in [5.41, 5.74) is 1.40. The highest BCUT2D eigenvalue weighted by Crippen LogP contribution is 2.20. The Morgan fingerprint density at radius 1 is 1.55 bits per heavy atom. The highest BCUT2D eigenvalue weighted by molar-refractivity contribution is 6.29. The van der Waals surface area contributed by atoms with Gasteiger partial charge in [-0.25, -0.2) is 4.98 Å². The van der Waals surface area contributed by atoms with Gasteiger partial charge in [0.25, 0.3) is 5.91 Å². The van der Waals surface area contributed by atoms with Gasteiger partial charge in [-0.15, -0.1) is 0 Å². The fourth-order valence-electron chi connectivity index (χ4n) is 2.31. The molecule has 2 atom stereocenters. The summed E-state index contributed by atoms with van der Waals surface area (Å²) in [6.07, 6.45) is 1.21. The van der Waals surface area contributed by atoms with Crippen LogP contribution in [0.15, 0.2) is 12.1 Å². The summed E-state index contributed by atoms with van der Waals surface area (Å²) >= 11 is 5.98. The van der Waals surface area contributed by atoms with Crippen LogP contribution >= 0.6 is 11.6 Å². The average molecular weight is 297 g/mol. The van der Waals surface area contributed by atoms with Crippen LogP contribution in [0, 0.1) is 5.92 Å². The normalized spacial score (nSPS) is 22.2. The Morgan fingerprint density at radius 3 is 2.90 bits per heavy atom. The number of pyridine rings is 1. The van der Waals surface area contributed by atoms with Crippen LogP contribution in [0.4, 0.5) is 0 Å². The van der Waals surface area contributed by atoms with Gasteiger partial charge in [0, 0.05) is 30.3 Å². The molecule has 0 spiro atoms. The molecule has 1 saturated heterocycles. The summed E-state index contributed by atoms with van der Waals surface area (Å²) in [5, 5.41) is 3.32. The molecule has 2 heterocycles. The van der Waals surface area contributed by atoms with E-state index in [2.05, 4.69) is 10.3 Å². The van der Waals surface area contributed by atoms with Crippen molar-refractivity contribution >= 4 is 17.5 Å². The number of nitrogens with one attached hydrogen (secondary N) is 1. The van der Waals surface area contributed by atoms with Gasteiger partial charge in [-0.2, -0.15) is 0 Å². The Labute approximate surface area is 124 Å². The quantitative estimate of drug-likeness (QED) is 0.869. The maximum atomic E-state index is 12.2. The molecule has 1 N–H and O–H groups in total. The van der Waals surface area contributed by atoms with Gasteiger partial charge in [-0.3, -0.25) is 4.79 Å². The molecular weight excluding hydrogens is 276 g/mol. The zero-order valence-corrected chi connectivity index (χ0v) is 12.9. The van der Waals surface area contributed by atoms with Gasteiger partial charge in [0.2, 0.25) is 0 Å². The molecule has 0 radical (unpaired) electrons. The highest BCUT2D eigenvalue weighted by Gasteiger charge is 2.24. The maximum absolute atomic E-state index is 12.2. The summed E-state index contributed by atoms with van der Waals surface area (Å²) in [5.74, 6) is 0.527. The lowest BCUT2D eigenvalue weighted by molar-refractivity contribution is 0.0907. The zero-order chi connectivity index (χ0) is 14.7. The molecule has 1 fully saturated rings. The number of carbonyl (C=O) groups excluding carboxylic acids is 1. The van der Waals surface area contributed by atoms with Crippen molar-refractivity contribution in [2.75, 3.05) is 13.2 Å². The molecule has 110 valence electrons. The Kier molecular flexibility index (Phi) is 5.00.